The maximum absolute atomic E-state index is 12.5. The van der Waals surface area contributed by atoms with E-state index in [-0.39, 0.29) is 6.54 Å². The standard InChI is InChI=1S/C11H10ClF3N2O/c1-6-7(12)2-3-8-10(6)17(4-9(18)16-8)5-11(13,14)15/h2-3H,4-5H2,1H3,(H,16,18). The van der Waals surface area contributed by atoms with Crippen LogP contribution in [0.15, 0.2) is 12.1 Å². The van der Waals surface area contributed by atoms with Crippen LogP contribution in [0.3, 0.4) is 0 Å². The summed E-state index contributed by atoms with van der Waals surface area (Å²) in [5.41, 5.74) is 1.22. The zero-order valence-corrected chi connectivity index (χ0v) is 10.2. The second-order valence-electron chi connectivity index (χ2n) is 4.09. The number of carbonyl (C=O) groups is 1. The quantitative estimate of drug-likeness (QED) is 0.856. The molecule has 1 heterocycles. The van der Waals surface area contributed by atoms with Gasteiger partial charge in [0, 0.05) is 5.02 Å². The minimum absolute atomic E-state index is 0.326. The lowest BCUT2D eigenvalue weighted by molar-refractivity contribution is -0.122. The Morgan fingerprint density at radius 2 is 2.11 bits per heavy atom. The van der Waals surface area contributed by atoms with Crippen molar-refractivity contribution in [3.63, 3.8) is 0 Å². The second kappa shape index (κ2) is 4.35. The lowest BCUT2D eigenvalue weighted by Crippen LogP contribution is -2.43. The minimum Gasteiger partial charge on any atom is -0.351 e. The molecule has 0 unspecified atom stereocenters. The number of fused-ring (bicyclic) bond motifs is 1. The summed E-state index contributed by atoms with van der Waals surface area (Å²) in [4.78, 5) is 12.4. The fourth-order valence-electron chi connectivity index (χ4n) is 1.98. The zero-order valence-electron chi connectivity index (χ0n) is 9.44. The number of anilines is 2. The number of nitrogens with one attached hydrogen (secondary N) is 1. The smallest absolute Gasteiger partial charge is 0.351 e. The van der Waals surface area contributed by atoms with Crippen molar-refractivity contribution in [2.45, 2.75) is 13.1 Å². The second-order valence-corrected chi connectivity index (χ2v) is 4.50. The van der Waals surface area contributed by atoms with Gasteiger partial charge in [-0.1, -0.05) is 11.6 Å². The first-order valence-corrected chi connectivity index (χ1v) is 5.56. The Hall–Kier alpha value is -1.43. The molecule has 0 fully saturated rings. The first kappa shape index (κ1) is 13.0. The van der Waals surface area contributed by atoms with Gasteiger partial charge in [0.15, 0.2) is 0 Å². The van der Waals surface area contributed by atoms with E-state index < -0.39 is 18.6 Å². The van der Waals surface area contributed by atoms with Crippen molar-refractivity contribution in [3.8, 4) is 0 Å². The minimum atomic E-state index is -4.37. The molecule has 3 nitrogen and oxygen atoms in total. The third-order valence-electron chi connectivity index (χ3n) is 2.66. The van der Waals surface area contributed by atoms with E-state index in [1.807, 2.05) is 0 Å². The largest absolute Gasteiger partial charge is 0.405 e. The van der Waals surface area contributed by atoms with Crippen LogP contribution < -0.4 is 10.2 Å². The molecule has 98 valence electrons. The van der Waals surface area contributed by atoms with Gasteiger partial charge in [0.1, 0.15) is 6.54 Å². The van der Waals surface area contributed by atoms with Crippen molar-refractivity contribution in [2.24, 2.45) is 0 Å². The molecule has 1 aliphatic rings. The van der Waals surface area contributed by atoms with Crippen LogP contribution in [0.4, 0.5) is 24.5 Å². The van der Waals surface area contributed by atoms with Gasteiger partial charge in [-0.3, -0.25) is 4.79 Å². The van der Waals surface area contributed by atoms with Crippen LogP contribution in [-0.2, 0) is 4.79 Å². The van der Waals surface area contributed by atoms with E-state index in [0.29, 0.717) is 22.0 Å². The van der Waals surface area contributed by atoms with Crippen LogP contribution in [0.25, 0.3) is 0 Å². The molecular formula is C11H10ClF3N2O. The summed E-state index contributed by atoms with van der Waals surface area (Å²) in [6.07, 6.45) is -4.37. The van der Waals surface area contributed by atoms with Gasteiger partial charge in [0.2, 0.25) is 5.91 Å². The molecule has 0 saturated carbocycles. The number of alkyl halides is 3. The van der Waals surface area contributed by atoms with Gasteiger partial charge in [-0.15, -0.1) is 0 Å². The van der Waals surface area contributed by atoms with E-state index in [9.17, 15) is 18.0 Å². The summed E-state index contributed by atoms with van der Waals surface area (Å²) in [6.45, 7) is 0.129. The molecule has 7 heteroatoms. The highest BCUT2D eigenvalue weighted by Crippen LogP contribution is 2.37. The summed E-state index contributed by atoms with van der Waals surface area (Å²) < 4.78 is 37.5. The fraction of sp³-hybridized carbons (Fsp3) is 0.364. The Kier molecular flexibility index (Phi) is 3.14. The van der Waals surface area contributed by atoms with E-state index in [2.05, 4.69) is 5.32 Å². The topological polar surface area (TPSA) is 32.3 Å². The summed E-state index contributed by atoms with van der Waals surface area (Å²) in [6, 6.07) is 3.05. The number of hydrogen-bond donors (Lipinski definition) is 1. The molecule has 0 saturated heterocycles. The van der Waals surface area contributed by atoms with Gasteiger partial charge in [0.05, 0.1) is 17.9 Å². The summed E-state index contributed by atoms with van der Waals surface area (Å²) >= 11 is 5.90. The van der Waals surface area contributed by atoms with Crippen LogP contribution in [0.2, 0.25) is 5.02 Å². The predicted molar refractivity (Wildman–Crippen MR) is 63.1 cm³/mol. The van der Waals surface area contributed by atoms with Crippen LogP contribution in [0.1, 0.15) is 5.56 Å². The number of halogens is 4. The lowest BCUT2D eigenvalue weighted by Gasteiger charge is -2.33. The molecule has 0 atom stereocenters. The first-order valence-electron chi connectivity index (χ1n) is 5.18. The number of nitrogens with zero attached hydrogens (tertiary/aromatic N) is 1. The average Bonchev–Trinajstić information content (AvgIpc) is 2.20. The molecule has 18 heavy (non-hydrogen) atoms. The molecule has 0 aliphatic carbocycles. The Bertz CT molecular complexity index is 502. The van der Waals surface area contributed by atoms with Crippen molar-refractivity contribution in [1.29, 1.82) is 0 Å². The maximum atomic E-state index is 12.5. The highest BCUT2D eigenvalue weighted by atomic mass is 35.5. The molecule has 1 N–H and O–H groups in total. The average molecular weight is 279 g/mol. The summed E-state index contributed by atoms with van der Waals surface area (Å²) in [7, 11) is 0. The monoisotopic (exact) mass is 278 g/mol. The van der Waals surface area contributed by atoms with Gasteiger partial charge >= 0.3 is 6.18 Å². The van der Waals surface area contributed by atoms with E-state index >= 15 is 0 Å². The molecule has 1 aromatic rings. The van der Waals surface area contributed by atoms with Crippen molar-refractivity contribution in [3.05, 3.63) is 22.7 Å². The highest BCUT2D eigenvalue weighted by Gasteiger charge is 2.35. The third-order valence-corrected chi connectivity index (χ3v) is 3.07. The number of benzene rings is 1. The van der Waals surface area contributed by atoms with Gasteiger partial charge < -0.3 is 10.2 Å². The van der Waals surface area contributed by atoms with Crippen molar-refractivity contribution < 1.29 is 18.0 Å². The maximum Gasteiger partial charge on any atom is 0.405 e. The number of hydrogen-bond acceptors (Lipinski definition) is 2. The molecule has 0 bridgehead atoms. The summed E-state index contributed by atoms with van der Waals surface area (Å²) in [5.74, 6) is -0.464. The summed E-state index contributed by atoms with van der Waals surface area (Å²) in [5, 5.41) is 2.91. The normalized spacial score (nSPS) is 15.4. The van der Waals surface area contributed by atoms with Crippen LogP contribution >= 0.6 is 11.6 Å². The van der Waals surface area contributed by atoms with Gasteiger partial charge in [0.25, 0.3) is 0 Å². The molecule has 0 radical (unpaired) electrons. The lowest BCUT2D eigenvalue weighted by atomic mass is 10.1. The van der Waals surface area contributed by atoms with E-state index in [1.165, 1.54) is 6.07 Å². The molecule has 2 rings (SSSR count). The SMILES string of the molecule is Cc1c(Cl)ccc2c1N(CC(F)(F)F)CC(=O)N2. The van der Waals surface area contributed by atoms with E-state index in [4.69, 9.17) is 11.6 Å². The Labute approximate surface area is 107 Å². The Balaban J connectivity index is 2.46. The number of rotatable bonds is 1. The number of carbonyl (C=O) groups excluding carboxylic acids is 1. The highest BCUT2D eigenvalue weighted by molar-refractivity contribution is 6.32. The first-order chi connectivity index (χ1) is 8.28. The Morgan fingerprint density at radius 3 is 2.72 bits per heavy atom. The molecule has 0 spiro atoms. The van der Waals surface area contributed by atoms with Gasteiger partial charge in [-0.2, -0.15) is 13.2 Å². The number of amides is 1. The van der Waals surface area contributed by atoms with Crippen LogP contribution in [0.5, 0.6) is 0 Å². The van der Waals surface area contributed by atoms with Crippen molar-refractivity contribution in [1.82, 2.24) is 0 Å². The van der Waals surface area contributed by atoms with Crippen molar-refractivity contribution in [2.75, 3.05) is 23.3 Å². The van der Waals surface area contributed by atoms with Crippen LogP contribution in [-0.4, -0.2) is 25.2 Å². The molecule has 1 aliphatic heterocycles. The van der Waals surface area contributed by atoms with Gasteiger partial charge in [-0.05, 0) is 24.6 Å². The molecule has 1 amide bonds. The Morgan fingerprint density at radius 1 is 1.44 bits per heavy atom. The van der Waals surface area contributed by atoms with Gasteiger partial charge in [-0.25, -0.2) is 0 Å². The fourth-order valence-corrected chi connectivity index (χ4v) is 2.13. The predicted octanol–water partition coefficient (Wildman–Crippen LogP) is 2.97. The zero-order chi connectivity index (χ0) is 13.5. The molecule has 0 aromatic heterocycles. The van der Waals surface area contributed by atoms with E-state index in [1.54, 1.807) is 13.0 Å². The van der Waals surface area contributed by atoms with Crippen molar-refractivity contribution >= 4 is 28.9 Å². The molecular weight excluding hydrogens is 269 g/mol. The van der Waals surface area contributed by atoms with E-state index in [0.717, 1.165) is 4.90 Å². The van der Waals surface area contributed by atoms with Crippen LogP contribution in [0, 0.1) is 6.92 Å². The third kappa shape index (κ3) is 2.53. The molecule has 1 aromatic carbocycles.